The Morgan fingerprint density at radius 1 is 1.17 bits per heavy atom. The van der Waals surface area contributed by atoms with E-state index in [1.807, 2.05) is 20.8 Å². The van der Waals surface area contributed by atoms with Gasteiger partial charge in [-0.25, -0.2) is 14.6 Å². The van der Waals surface area contributed by atoms with Crippen LogP contribution in [-0.4, -0.2) is 54.1 Å². The largest absolute Gasteiger partial charge is 0.477 e. The van der Waals surface area contributed by atoms with E-state index in [0.29, 0.717) is 18.7 Å². The van der Waals surface area contributed by atoms with E-state index in [1.54, 1.807) is 17.9 Å². The zero-order valence-electron chi connectivity index (χ0n) is 19.3. The zero-order chi connectivity index (χ0) is 22.6. The molecule has 8 heteroatoms. The number of carbonyl (C=O) groups excluding carboxylic acids is 1. The third-order valence-electron chi connectivity index (χ3n) is 4.99. The van der Waals surface area contributed by atoms with Crippen molar-refractivity contribution < 1.29 is 23.9 Å². The van der Waals surface area contributed by atoms with E-state index in [2.05, 4.69) is 38.8 Å². The van der Waals surface area contributed by atoms with E-state index in [9.17, 15) is 9.59 Å². The minimum absolute atomic E-state index is 0.0128. The van der Waals surface area contributed by atoms with Crippen LogP contribution in [0.3, 0.4) is 0 Å². The fourth-order valence-electron chi connectivity index (χ4n) is 2.35. The van der Waals surface area contributed by atoms with Crippen LogP contribution in [0.5, 0.6) is 0 Å². The summed E-state index contributed by atoms with van der Waals surface area (Å²) < 4.78 is 11.8. The number of rotatable bonds is 7. The molecule has 0 aliphatic rings. The lowest BCUT2D eigenvalue weighted by atomic mass is 10.1. The van der Waals surface area contributed by atoms with Crippen molar-refractivity contribution in [1.82, 2.24) is 9.88 Å². The number of hydrogen-bond acceptors (Lipinski definition) is 5. The molecule has 0 unspecified atom stereocenters. The lowest BCUT2D eigenvalue weighted by molar-refractivity contribution is 0.0205. The molecule has 0 fully saturated rings. The Hall–Kier alpha value is -1.93. The number of carbonyl (C=O) groups is 2. The highest BCUT2D eigenvalue weighted by Gasteiger charge is 2.37. The van der Waals surface area contributed by atoms with Gasteiger partial charge in [0.05, 0.1) is 13.2 Å². The third kappa shape index (κ3) is 7.78. The Kier molecular flexibility index (Phi) is 8.01. The second kappa shape index (κ2) is 9.26. The lowest BCUT2D eigenvalue weighted by Gasteiger charge is -2.37. The van der Waals surface area contributed by atoms with Gasteiger partial charge in [-0.15, -0.1) is 0 Å². The smallest absolute Gasteiger partial charge is 0.410 e. The summed E-state index contributed by atoms with van der Waals surface area (Å²) >= 11 is 0. The van der Waals surface area contributed by atoms with Gasteiger partial charge in [-0.3, -0.25) is 0 Å². The fourth-order valence-corrected chi connectivity index (χ4v) is 3.39. The lowest BCUT2D eigenvalue weighted by Crippen LogP contribution is -2.44. The molecule has 29 heavy (non-hydrogen) atoms. The molecule has 0 saturated heterocycles. The van der Waals surface area contributed by atoms with Gasteiger partial charge < -0.3 is 19.2 Å². The van der Waals surface area contributed by atoms with Crippen LogP contribution >= 0.6 is 0 Å². The number of aryl methyl sites for hydroxylation is 1. The molecule has 7 nitrogen and oxygen atoms in total. The molecule has 0 aliphatic heterocycles. The predicted molar refractivity (Wildman–Crippen MR) is 116 cm³/mol. The number of aromatic nitrogens is 1. The van der Waals surface area contributed by atoms with Gasteiger partial charge in [0, 0.05) is 12.7 Å². The Labute approximate surface area is 175 Å². The van der Waals surface area contributed by atoms with E-state index in [4.69, 9.17) is 14.3 Å². The van der Waals surface area contributed by atoms with Crippen LogP contribution in [0.15, 0.2) is 12.3 Å². The van der Waals surface area contributed by atoms with Crippen LogP contribution in [0, 0.1) is 6.92 Å². The number of amides is 1. The first-order valence-corrected chi connectivity index (χ1v) is 12.7. The molecule has 1 aromatic rings. The second-order valence-corrected chi connectivity index (χ2v) is 14.6. The van der Waals surface area contributed by atoms with E-state index >= 15 is 0 Å². The van der Waals surface area contributed by atoms with Crippen molar-refractivity contribution in [3.63, 3.8) is 0 Å². The number of nitrogens with zero attached hydrogens (tertiary/aromatic N) is 2. The van der Waals surface area contributed by atoms with E-state index in [1.165, 1.54) is 6.20 Å². The zero-order valence-corrected chi connectivity index (χ0v) is 20.3. The first-order valence-electron chi connectivity index (χ1n) is 9.84. The first kappa shape index (κ1) is 25.1. The normalized spacial score (nSPS) is 12.6. The summed E-state index contributed by atoms with van der Waals surface area (Å²) in [4.78, 5) is 29.5. The maximum Gasteiger partial charge on any atom is 0.410 e. The monoisotopic (exact) mass is 424 g/mol. The standard InChI is InChI=1S/C21H36N2O5Si/c1-15-12-16(13-22-17(15)18(24)25)14-23(19(26)28-20(2,3)4)10-11-27-29(8,9)21(5,6)7/h12-13H,10-11,14H2,1-9H3,(H,24,25). The van der Waals surface area contributed by atoms with Crippen molar-refractivity contribution >= 4 is 20.4 Å². The van der Waals surface area contributed by atoms with Crippen molar-refractivity contribution in [2.45, 2.75) is 78.7 Å². The Morgan fingerprint density at radius 2 is 1.76 bits per heavy atom. The topological polar surface area (TPSA) is 89.0 Å². The molecule has 0 radical (unpaired) electrons. The van der Waals surface area contributed by atoms with E-state index in [-0.39, 0.29) is 17.3 Å². The highest BCUT2D eigenvalue weighted by molar-refractivity contribution is 6.74. The average Bonchev–Trinajstić information content (AvgIpc) is 2.50. The van der Waals surface area contributed by atoms with Crippen LogP contribution in [0.25, 0.3) is 0 Å². The van der Waals surface area contributed by atoms with Gasteiger partial charge in [0.2, 0.25) is 0 Å². The van der Waals surface area contributed by atoms with Crippen LogP contribution in [0.1, 0.15) is 63.2 Å². The maximum absolute atomic E-state index is 12.7. The Balaban J connectivity index is 2.96. The van der Waals surface area contributed by atoms with Crippen molar-refractivity contribution in [3.8, 4) is 0 Å². The Bertz CT molecular complexity index is 736. The molecule has 0 spiro atoms. The Morgan fingerprint density at radius 3 is 2.21 bits per heavy atom. The molecular weight excluding hydrogens is 388 g/mol. The molecule has 1 rings (SSSR count). The molecule has 0 aromatic carbocycles. The summed E-state index contributed by atoms with van der Waals surface area (Å²) in [5, 5.41) is 9.23. The number of carboxylic acid groups (broad SMARTS) is 1. The highest BCUT2D eigenvalue weighted by Crippen LogP contribution is 2.36. The third-order valence-corrected chi connectivity index (χ3v) is 9.53. The molecule has 1 amide bonds. The second-order valence-electron chi connectivity index (χ2n) is 9.82. The number of pyridine rings is 1. The van der Waals surface area contributed by atoms with Gasteiger partial charge in [0.1, 0.15) is 5.60 Å². The van der Waals surface area contributed by atoms with Crippen LogP contribution in [0.2, 0.25) is 18.1 Å². The minimum Gasteiger partial charge on any atom is -0.477 e. The number of hydrogen-bond donors (Lipinski definition) is 1. The highest BCUT2D eigenvalue weighted by atomic mass is 28.4. The maximum atomic E-state index is 12.7. The number of aromatic carboxylic acids is 1. The molecule has 1 aromatic heterocycles. The van der Waals surface area contributed by atoms with Crippen LogP contribution < -0.4 is 0 Å². The van der Waals surface area contributed by atoms with Crippen molar-refractivity contribution in [2.75, 3.05) is 13.2 Å². The molecule has 0 bridgehead atoms. The molecule has 1 heterocycles. The predicted octanol–water partition coefficient (Wildman–Crippen LogP) is 4.85. The molecule has 0 atom stereocenters. The molecular formula is C21H36N2O5Si. The van der Waals surface area contributed by atoms with Crippen molar-refractivity contribution in [2.24, 2.45) is 0 Å². The van der Waals surface area contributed by atoms with Gasteiger partial charge >= 0.3 is 12.1 Å². The van der Waals surface area contributed by atoms with Gasteiger partial charge in [-0.05, 0) is 57.0 Å². The number of ether oxygens (including phenoxy) is 1. The summed E-state index contributed by atoms with van der Waals surface area (Å²) in [6.45, 7) is 19.1. The van der Waals surface area contributed by atoms with Gasteiger partial charge in [0.25, 0.3) is 0 Å². The van der Waals surface area contributed by atoms with Crippen LogP contribution in [-0.2, 0) is 15.7 Å². The summed E-state index contributed by atoms with van der Waals surface area (Å²) in [5.41, 5.74) is 0.693. The molecule has 0 aliphatic carbocycles. The number of carboxylic acids is 1. The SMILES string of the molecule is Cc1cc(CN(CCO[Si](C)(C)C(C)(C)C)C(=O)OC(C)(C)C)cnc1C(=O)O. The molecule has 0 saturated carbocycles. The minimum atomic E-state index is -1.93. The summed E-state index contributed by atoms with van der Waals surface area (Å²) in [7, 11) is -1.93. The van der Waals surface area contributed by atoms with Gasteiger partial charge in [0.15, 0.2) is 14.0 Å². The van der Waals surface area contributed by atoms with Gasteiger partial charge in [-0.1, -0.05) is 26.8 Å². The molecule has 164 valence electrons. The van der Waals surface area contributed by atoms with Crippen molar-refractivity contribution in [1.29, 1.82) is 0 Å². The van der Waals surface area contributed by atoms with Crippen molar-refractivity contribution in [3.05, 3.63) is 29.1 Å². The first-order chi connectivity index (χ1) is 13.0. The quantitative estimate of drug-likeness (QED) is 0.630. The average molecular weight is 425 g/mol. The summed E-state index contributed by atoms with van der Waals surface area (Å²) in [6, 6.07) is 1.74. The summed E-state index contributed by atoms with van der Waals surface area (Å²) in [5.74, 6) is -1.07. The van der Waals surface area contributed by atoms with Gasteiger partial charge in [-0.2, -0.15) is 0 Å². The van der Waals surface area contributed by atoms with Crippen LogP contribution in [0.4, 0.5) is 4.79 Å². The van der Waals surface area contributed by atoms with E-state index in [0.717, 1.165) is 5.56 Å². The molecule has 1 N–H and O–H groups in total. The summed E-state index contributed by atoms with van der Waals surface area (Å²) in [6.07, 6.45) is 1.05. The fraction of sp³-hybridized carbons (Fsp3) is 0.667. The van der Waals surface area contributed by atoms with E-state index < -0.39 is 26.0 Å².